The van der Waals surface area contributed by atoms with Gasteiger partial charge in [0.25, 0.3) is 0 Å². The Labute approximate surface area is 363 Å². The van der Waals surface area contributed by atoms with E-state index in [1.165, 1.54) is 26.2 Å². The second-order valence-electron chi connectivity index (χ2n) is 18.3. The third-order valence-electron chi connectivity index (χ3n) is 14.4. The maximum atomic E-state index is 12.6. The molecule has 6 aliphatic rings. The van der Waals surface area contributed by atoms with Crippen molar-refractivity contribution in [3.63, 3.8) is 0 Å². The number of phenolic OH excluding ortho intramolecular Hbond substituents is 2. The van der Waals surface area contributed by atoms with Crippen LogP contribution in [-0.4, -0.2) is 66.7 Å². The van der Waals surface area contributed by atoms with E-state index >= 15 is 0 Å². The summed E-state index contributed by atoms with van der Waals surface area (Å²) in [6.07, 6.45) is 13.7. The lowest BCUT2D eigenvalue weighted by Crippen LogP contribution is -2.50. The molecular formula is C51H56N4O7. The summed E-state index contributed by atoms with van der Waals surface area (Å²) in [5, 5.41) is 30.2. The summed E-state index contributed by atoms with van der Waals surface area (Å²) < 4.78 is 26.4. The van der Waals surface area contributed by atoms with Crippen molar-refractivity contribution in [2.75, 3.05) is 33.0 Å². The standard InChI is InChI=1S/C51H56N4O7/c1-28(56)60-27-38-35-13-14-36-45-32(21-34(57)23-42(45)59-3)25-51-19-18-29(24-51)20-30-12-17-44(52)55-39(30)11-7-8-31-22-41(58)48-37(46(31)49(38)62-50(35)47(36)51)15-16-40(43(61-48)26-53-2)54-33-9-5-4-6-10-33/h12-17,21-23,29,33,38,40,43,49,53-54,57-58H,4-6,8-10,18-20,24-27H2,1-3H3,(H2,52,55). The Balaban J connectivity index is 1.21. The lowest BCUT2D eigenvalue weighted by molar-refractivity contribution is -0.141. The summed E-state index contributed by atoms with van der Waals surface area (Å²) in [6, 6.07) is 13.8. The van der Waals surface area contributed by atoms with Gasteiger partial charge in [0.2, 0.25) is 0 Å². The van der Waals surface area contributed by atoms with Crippen molar-refractivity contribution < 1.29 is 34.0 Å². The fourth-order valence-corrected chi connectivity index (χ4v) is 11.7. The van der Waals surface area contributed by atoms with Crippen LogP contribution in [-0.2, 0) is 34.2 Å². The highest BCUT2D eigenvalue weighted by Gasteiger charge is 2.51. The first kappa shape index (κ1) is 40.4. The number of nitrogens with one attached hydrogen (secondary N) is 2. The number of nitrogen functional groups attached to an aromatic ring is 1. The number of ether oxygens (including phenoxy) is 4. The van der Waals surface area contributed by atoms with E-state index in [9.17, 15) is 15.0 Å². The quantitative estimate of drug-likeness (QED) is 0.0925. The number of aromatic nitrogens is 1. The van der Waals surface area contributed by atoms with E-state index in [1.807, 2.05) is 19.2 Å². The van der Waals surface area contributed by atoms with Crippen LogP contribution < -0.4 is 30.6 Å². The molecular weight excluding hydrogens is 781 g/mol. The maximum Gasteiger partial charge on any atom is 0.302 e. The molecule has 0 radical (unpaired) electrons. The van der Waals surface area contributed by atoms with Gasteiger partial charge in [0, 0.05) is 65.2 Å². The number of fused-ring (bicyclic) bond motifs is 9. The summed E-state index contributed by atoms with van der Waals surface area (Å²) in [4.78, 5) is 17.4. The monoisotopic (exact) mass is 836 g/mol. The fraction of sp³-hybridized carbons (Fsp3) is 0.451. The summed E-state index contributed by atoms with van der Waals surface area (Å²) >= 11 is 0. The molecule has 4 heterocycles. The Morgan fingerprint density at radius 3 is 2.69 bits per heavy atom. The molecule has 10 rings (SSSR count). The van der Waals surface area contributed by atoms with Crippen molar-refractivity contribution in [1.82, 2.24) is 15.6 Å². The first-order chi connectivity index (χ1) is 30.1. The van der Waals surface area contributed by atoms with Crippen LogP contribution in [0.5, 0.6) is 28.7 Å². The highest BCUT2D eigenvalue weighted by molar-refractivity contribution is 5.84. The Bertz CT molecular complexity index is 2540. The SMILES string of the molecule is CNCC1Oc2c(O)cc3c(c2C=CC1NC1CCCCC1)C1Oc2c(ccc4c2C2(CCC(Cc5ccc(N)nc5C#CC3)C2)Cc2cc(O)cc(OC)c2-4)C1COC(C)=O. The summed E-state index contributed by atoms with van der Waals surface area (Å²) in [5.74, 6) is 8.79. The molecule has 11 heteroatoms. The Morgan fingerprint density at radius 2 is 1.89 bits per heavy atom. The highest BCUT2D eigenvalue weighted by atomic mass is 16.5. The summed E-state index contributed by atoms with van der Waals surface area (Å²) in [6.45, 7) is 2.09. The average molecular weight is 837 g/mol. The zero-order valence-electron chi connectivity index (χ0n) is 35.8. The molecule has 1 aromatic heterocycles. The molecule has 6 atom stereocenters. The van der Waals surface area contributed by atoms with Crippen molar-refractivity contribution in [1.29, 1.82) is 0 Å². The molecule has 0 amide bonds. The minimum atomic E-state index is -0.635. The van der Waals surface area contributed by atoms with Gasteiger partial charge < -0.3 is 45.5 Å². The van der Waals surface area contributed by atoms with Crippen LogP contribution in [0.1, 0.15) is 115 Å². The van der Waals surface area contributed by atoms with Crippen LogP contribution in [0.2, 0.25) is 0 Å². The smallest absolute Gasteiger partial charge is 0.302 e. The minimum absolute atomic E-state index is 0.0259. The largest absolute Gasteiger partial charge is 0.508 e. The molecule has 3 aliphatic carbocycles. The third kappa shape index (κ3) is 7.11. The van der Waals surface area contributed by atoms with Crippen molar-refractivity contribution >= 4 is 17.9 Å². The first-order valence-corrected chi connectivity index (χ1v) is 22.4. The van der Waals surface area contributed by atoms with Crippen molar-refractivity contribution in [2.24, 2.45) is 5.92 Å². The lowest BCUT2D eigenvalue weighted by atomic mass is 9.65. The number of carbonyl (C=O) groups excluding carboxylic acids is 1. The number of nitrogens with zero attached hydrogens (tertiary/aromatic N) is 1. The van der Waals surface area contributed by atoms with E-state index in [0.717, 1.165) is 94.3 Å². The minimum Gasteiger partial charge on any atom is -0.508 e. The highest BCUT2D eigenvalue weighted by Crippen LogP contribution is 2.63. The van der Waals surface area contributed by atoms with Crippen LogP contribution >= 0.6 is 0 Å². The van der Waals surface area contributed by atoms with Crippen LogP contribution in [0.15, 0.2) is 48.5 Å². The van der Waals surface area contributed by atoms with E-state index < -0.39 is 12.0 Å². The van der Waals surface area contributed by atoms with Gasteiger partial charge in [-0.2, -0.15) is 0 Å². The number of carbonyl (C=O) groups is 1. The molecule has 3 aromatic carbocycles. The zero-order chi connectivity index (χ0) is 42.7. The summed E-state index contributed by atoms with van der Waals surface area (Å²) in [7, 11) is 3.56. The number of likely N-dealkylation sites (N-methyl/N-ethyl adjacent to an activating group) is 1. The van der Waals surface area contributed by atoms with Crippen LogP contribution in [0.4, 0.5) is 5.82 Å². The molecule has 1 spiro atoms. The number of aromatic hydroxyl groups is 2. The predicted octanol–water partition coefficient (Wildman–Crippen LogP) is 7.56. The molecule has 6 unspecified atom stereocenters. The second-order valence-corrected chi connectivity index (χ2v) is 18.3. The second kappa shape index (κ2) is 16.2. The summed E-state index contributed by atoms with van der Waals surface area (Å²) in [5.41, 5.74) is 15.2. The molecule has 11 nitrogen and oxygen atoms in total. The fourth-order valence-electron chi connectivity index (χ4n) is 11.7. The first-order valence-electron chi connectivity index (χ1n) is 22.4. The number of methoxy groups -OCH3 is 1. The van der Waals surface area contributed by atoms with E-state index in [1.54, 1.807) is 19.2 Å². The van der Waals surface area contributed by atoms with Gasteiger partial charge in [-0.15, -0.1) is 0 Å². The normalized spacial score (nSPS) is 25.5. The van der Waals surface area contributed by atoms with Gasteiger partial charge in [-0.05, 0) is 104 Å². The van der Waals surface area contributed by atoms with E-state index in [2.05, 4.69) is 52.8 Å². The average Bonchev–Trinajstić information content (AvgIpc) is 3.77. The van der Waals surface area contributed by atoms with Gasteiger partial charge >= 0.3 is 5.97 Å². The van der Waals surface area contributed by atoms with Gasteiger partial charge in [0.15, 0.2) is 11.5 Å². The Kier molecular flexibility index (Phi) is 10.6. The predicted molar refractivity (Wildman–Crippen MR) is 238 cm³/mol. The Morgan fingerprint density at radius 1 is 1.03 bits per heavy atom. The zero-order valence-corrected chi connectivity index (χ0v) is 35.8. The lowest BCUT2D eigenvalue weighted by Gasteiger charge is -2.39. The third-order valence-corrected chi connectivity index (χ3v) is 14.4. The number of nitrogens with two attached hydrogens (primary N) is 1. The number of hydrogen-bond acceptors (Lipinski definition) is 11. The number of anilines is 1. The van der Waals surface area contributed by atoms with Crippen molar-refractivity contribution in [3.05, 3.63) is 93.2 Å². The van der Waals surface area contributed by atoms with Crippen LogP contribution in [0.25, 0.3) is 17.2 Å². The molecule has 62 heavy (non-hydrogen) atoms. The van der Waals surface area contributed by atoms with E-state index in [4.69, 9.17) is 29.7 Å². The van der Waals surface area contributed by atoms with Gasteiger partial charge in [-0.25, -0.2) is 4.98 Å². The molecule has 4 aromatic rings. The molecule has 4 bridgehead atoms. The van der Waals surface area contributed by atoms with Gasteiger partial charge in [0.05, 0.1) is 19.1 Å². The van der Waals surface area contributed by atoms with E-state index in [-0.39, 0.29) is 48.1 Å². The number of benzene rings is 3. The molecule has 2 saturated carbocycles. The van der Waals surface area contributed by atoms with Crippen molar-refractivity contribution in [3.8, 4) is 51.7 Å². The topological polar surface area (TPSA) is 157 Å². The molecule has 322 valence electrons. The van der Waals surface area contributed by atoms with Gasteiger partial charge in [0.1, 0.15) is 47.6 Å². The Hall–Kier alpha value is -5.70. The van der Waals surface area contributed by atoms with Crippen LogP contribution in [0.3, 0.4) is 0 Å². The number of phenols is 2. The van der Waals surface area contributed by atoms with E-state index in [0.29, 0.717) is 47.9 Å². The number of pyridine rings is 1. The maximum absolute atomic E-state index is 12.6. The van der Waals surface area contributed by atoms with Crippen molar-refractivity contribution in [2.45, 2.75) is 113 Å². The molecule has 6 N–H and O–H groups in total. The number of rotatable bonds is 7. The number of esters is 1. The molecule has 3 aliphatic heterocycles. The molecule has 2 fully saturated rings. The number of hydrogen-bond donors (Lipinski definition) is 5. The molecule has 0 saturated heterocycles. The van der Waals surface area contributed by atoms with Gasteiger partial charge in [-0.3, -0.25) is 4.79 Å². The van der Waals surface area contributed by atoms with Gasteiger partial charge in [-0.1, -0.05) is 55.5 Å². The van der Waals surface area contributed by atoms with Crippen LogP contribution in [0, 0.1) is 17.8 Å².